The number of piperidine rings is 1. The maximum Gasteiger partial charge on any atom is 0.227 e. The van der Waals surface area contributed by atoms with Crippen LogP contribution in [0.1, 0.15) is 25.7 Å². The molecule has 0 saturated carbocycles. The lowest BCUT2D eigenvalue weighted by atomic mass is 9.93. The smallest absolute Gasteiger partial charge is 0.227 e. The summed E-state index contributed by atoms with van der Waals surface area (Å²) in [5.74, 6) is 1.79. The maximum atomic E-state index is 10.9. The van der Waals surface area contributed by atoms with Crippen LogP contribution < -0.4 is 16.0 Å². The molecule has 0 radical (unpaired) electrons. The molecule has 0 aromatic carbocycles. The first-order chi connectivity index (χ1) is 9.60. The highest BCUT2D eigenvalue weighted by molar-refractivity contribution is 9.10. The van der Waals surface area contributed by atoms with Crippen LogP contribution in [0.15, 0.2) is 10.7 Å². The molecule has 3 N–H and O–H groups in total. The van der Waals surface area contributed by atoms with Crippen molar-refractivity contribution in [3.8, 4) is 0 Å². The summed E-state index contributed by atoms with van der Waals surface area (Å²) >= 11 is 3.41. The van der Waals surface area contributed by atoms with Gasteiger partial charge in [0.15, 0.2) is 0 Å². The van der Waals surface area contributed by atoms with Crippen molar-refractivity contribution in [3.05, 3.63) is 10.7 Å². The van der Waals surface area contributed by atoms with E-state index in [1.807, 2.05) is 7.05 Å². The van der Waals surface area contributed by atoms with E-state index in [2.05, 4.69) is 36.1 Å². The Labute approximate surface area is 127 Å². The number of carbonyl (C=O) groups is 1. The predicted molar refractivity (Wildman–Crippen MR) is 82.6 cm³/mol. The van der Waals surface area contributed by atoms with Gasteiger partial charge in [-0.25, -0.2) is 4.98 Å². The SMILES string of the molecule is CNc1nc(N2CCCC(CCC(N)=O)C2)ncc1Br. The Bertz CT molecular complexity index is 482. The summed E-state index contributed by atoms with van der Waals surface area (Å²) in [6, 6.07) is 0. The van der Waals surface area contributed by atoms with Gasteiger partial charge in [-0.1, -0.05) is 0 Å². The number of aromatic nitrogens is 2. The van der Waals surface area contributed by atoms with Crippen molar-refractivity contribution >= 4 is 33.6 Å². The number of nitrogens with two attached hydrogens (primary N) is 1. The zero-order valence-electron chi connectivity index (χ0n) is 11.6. The van der Waals surface area contributed by atoms with Crippen LogP contribution in [-0.2, 0) is 4.79 Å². The first kappa shape index (κ1) is 15.0. The summed E-state index contributed by atoms with van der Waals surface area (Å²) in [7, 11) is 1.84. The lowest BCUT2D eigenvalue weighted by molar-refractivity contribution is -0.118. The van der Waals surface area contributed by atoms with Gasteiger partial charge in [0.05, 0.1) is 4.47 Å². The van der Waals surface area contributed by atoms with Gasteiger partial charge in [-0.2, -0.15) is 4.98 Å². The fourth-order valence-electron chi connectivity index (χ4n) is 2.51. The molecule has 20 heavy (non-hydrogen) atoms. The number of hydrogen-bond donors (Lipinski definition) is 2. The molecule has 0 bridgehead atoms. The third kappa shape index (κ3) is 3.82. The van der Waals surface area contributed by atoms with E-state index < -0.39 is 0 Å². The second-order valence-corrected chi connectivity index (χ2v) is 5.93. The molecule has 1 amide bonds. The first-order valence-electron chi connectivity index (χ1n) is 6.83. The van der Waals surface area contributed by atoms with Crippen molar-refractivity contribution in [3.63, 3.8) is 0 Å². The second-order valence-electron chi connectivity index (χ2n) is 5.08. The van der Waals surface area contributed by atoms with E-state index in [0.29, 0.717) is 12.3 Å². The van der Waals surface area contributed by atoms with Crippen LogP contribution >= 0.6 is 15.9 Å². The van der Waals surface area contributed by atoms with Crippen molar-refractivity contribution in [2.45, 2.75) is 25.7 Å². The van der Waals surface area contributed by atoms with E-state index in [4.69, 9.17) is 5.73 Å². The standard InChI is InChI=1S/C13H20BrN5O/c1-16-12-10(14)7-17-13(18-12)19-6-2-3-9(8-19)4-5-11(15)20/h7,9H,2-6,8H2,1H3,(H2,15,20)(H,16,17,18). The van der Waals surface area contributed by atoms with Crippen LogP contribution in [0.25, 0.3) is 0 Å². The Morgan fingerprint density at radius 3 is 3.15 bits per heavy atom. The van der Waals surface area contributed by atoms with E-state index >= 15 is 0 Å². The lowest BCUT2D eigenvalue weighted by Gasteiger charge is -2.32. The number of amides is 1. The maximum absolute atomic E-state index is 10.9. The average molecular weight is 342 g/mol. The molecular weight excluding hydrogens is 322 g/mol. The average Bonchev–Trinajstić information content (AvgIpc) is 2.46. The third-order valence-electron chi connectivity index (χ3n) is 3.57. The summed E-state index contributed by atoms with van der Waals surface area (Å²) in [5, 5.41) is 3.04. The quantitative estimate of drug-likeness (QED) is 0.852. The largest absolute Gasteiger partial charge is 0.372 e. The van der Waals surface area contributed by atoms with Gasteiger partial charge in [-0.3, -0.25) is 4.79 Å². The van der Waals surface area contributed by atoms with E-state index in [-0.39, 0.29) is 5.91 Å². The number of anilines is 2. The Balaban J connectivity index is 2.03. The Kier molecular flexibility index (Phi) is 5.17. The van der Waals surface area contributed by atoms with E-state index in [1.165, 1.54) is 0 Å². The molecule has 2 heterocycles. The minimum Gasteiger partial charge on any atom is -0.372 e. The summed E-state index contributed by atoms with van der Waals surface area (Å²) < 4.78 is 0.853. The van der Waals surface area contributed by atoms with Crippen LogP contribution in [0.4, 0.5) is 11.8 Å². The number of rotatable bonds is 5. The molecule has 1 unspecified atom stereocenters. The number of primary amides is 1. The zero-order chi connectivity index (χ0) is 14.5. The van der Waals surface area contributed by atoms with Gasteiger partial charge in [0.1, 0.15) is 5.82 Å². The third-order valence-corrected chi connectivity index (χ3v) is 4.15. The number of nitrogens with zero attached hydrogens (tertiary/aromatic N) is 3. The Hall–Kier alpha value is -1.37. The Morgan fingerprint density at radius 2 is 2.45 bits per heavy atom. The summed E-state index contributed by atoms with van der Waals surface area (Å²) in [4.78, 5) is 22.0. The second kappa shape index (κ2) is 6.88. The number of hydrogen-bond acceptors (Lipinski definition) is 5. The van der Waals surface area contributed by atoms with Crippen LogP contribution in [0.5, 0.6) is 0 Å². The molecule has 0 spiro atoms. The van der Waals surface area contributed by atoms with Crippen LogP contribution in [0.2, 0.25) is 0 Å². The topological polar surface area (TPSA) is 84.1 Å². The normalized spacial score (nSPS) is 18.9. The van der Waals surface area contributed by atoms with Gasteiger partial charge in [-0.05, 0) is 41.1 Å². The molecule has 0 aliphatic carbocycles. The van der Waals surface area contributed by atoms with Crippen molar-refractivity contribution in [1.29, 1.82) is 0 Å². The Morgan fingerprint density at radius 1 is 1.65 bits per heavy atom. The summed E-state index contributed by atoms with van der Waals surface area (Å²) in [6.07, 6.45) is 5.31. The highest BCUT2D eigenvalue weighted by atomic mass is 79.9. The van der Waals surface area contributed by atoms with Gasteiger partial charge < -0.3 is 16.0 Å². The number of halogens is 1. The van der Waals surface area contributed by atoms with Crippen molar-refractivity contribution in [2.24, 2.45) is 11.7 Å². The lowest BCUT2D eigenvalue weighted by Crippen LogP contribution is -2.37. The number of nitrogens with one attached hydrogen (secondary N) is 1. The van der Waals surface area contributed by atoms with E-state index in [9.17, 15) is 4.79 Å². The van der Waals surface area contributed by atoms with E-state index in [1.54, 1.807) is 6.20 Å². The zero-order valence-corrected chi connectivity index (χ0v) is 13.2. The molecule has 1 aromatic heterocycles. The number of carbonyl (C=O) groups excluding carboxylic acids is 1. The molecule has 6 nitrogen and oxygen atoms in total. The molecule has 1 fully saturated rings. The first-order valence-corrected chi connectivity index (χ1v) is 7.63. The van der Waals surface area contributed by atoms with Crippen LogP contribution in [0, 0.1) is 5.92 Å². The fraction of sp³-hybridized carbons (Fsp3) is 0.615. The monoisotopic (exact) mass is 341 g/mol. The highest BCUT2D eigenvalue weighted by Crippen LogP contribution is 2.26. The molecule has 7 heteroatoms. The van der Waals surface area contributed by atoms with E-state index in [0.717, 1.165) is 48.6 Å². The molecule has 2 rings (SSSR count). The molecule has 1 aliphatic rings. The van der Waals surface area contributed by atoms with Crippen molar-refractivity contribution < 1.29 is 4.79 Å². The summed E-state index contributed by atoms with van der Waals surface area (Å²) in [5.41, 5.74) is 5.22. The van der Waals surface area contributed by atoms with Crippen LogP contribution in [0.3, 0.4) is 0 Å². The van der Waals surface area contributed by atoms with Gasteiger partial charge in [-0.15, -0.1) is 0 Å². The highest BCUT2D eigenvalue weighted by Gasteiger charge is 2.22. The molecular formula is C13H20BrN5O. The molecule has 1 aliphatic heterocycles. The van der Waals surface area contributed by atoms with Gasteiger partial charge >= 0.3 is 0 Å². The predicted octanol–water partition coefficient (Wildman–Crippen LogP) is 1.76. The van der Waals surface area contributed by atoms with Gasteiger partial charge in [0, 0.05) is 32.8 Å². The molecule has 110 valence electrons. The molecule has 1 aromatic rings. The van der Waals surface area contributed by atoms with Gasteiger partial charge in [0.25, 0.3) is 0 Å². The van der Waals surface area contributed by atoms with Crippen LogP contribution in [-0.4, -0.2) is 36.0 Å². The van der Waals surface area contributed by atoms with Crippen molar-refractivity contribution in [2.75, 3.05) is 30.4 Å². The van der Waals surface area contributed by atoms with Gasteiger partial charge in [0.2, 0.25) is 11.9 Å². The van der Waals surface area contributed by atoms with Crippen molar-refractivity contribution in [1.82, 2.24) is 9.97 Å². The summed E-state index contributed by atoms with van der Waals surface area (Å²) in [6.45, 7) is 1.84. The molecule has 1 atom stereocenters. The minimum atomic E-state index is -0.223. The molecule has 1 saturated heterocycles. The minimum absolute atomic E-state index is 0.223. The fourth-order valence-corrected chi connectivity index (χ4v) is 2.90.